The summed E-state index contributed by atoms with van der Waals surface area (Å²) in [5.41, 5.74) is 0. The maximum Gasteiger partial charge on any atom is 0.226 e. The van der Waals surface area contributed by atoms with Crippen molar-refractivity contribution in [3.63, 3.8) is 0 Å². The largest absolute Gasteiger partial charge is 0.311 e. The highest BCUT2D eigenvalue weighted by Gasteiger charge is 2.34. The summed E-state index contributed by atoms with van der Waals surface area (Å²) in [7, 11) is 0. The van der Waals surface area contributed by atoms with Crippen LogP contribution in [-0.2, 0) is 4.79 Å². The van der Waals surface area contributed by atoms with Crippen LogP contribution in [0.2, 0.25) is 0 Å². The number of carbonyl (C=O) groups excluding carboxylic acids is 2. The Balaban J connectivity index is 0.00000161. The van der Waals surface area contributed by atoms with E-state index in [0.29, 0.717) is 34.4 Å². The van der Waals surface area contributed by atoms with Gasteiger partial charge >= 0.3 is 0 Å². The number of Topliss-reactive ketones (excluding diaryl/α,β-unsaturated/α-hetero) is 1. The van der Waals surface area contributed by atoms with Crippen LogP contribution in [0.1, 0.15) is 48.7 Å². The highest BCUT2D eigenvalue weighted by molar-refractivity contribution is 7.17. The van der Waals surface area contributed by atoms with Gasteiger partial charge in [0.15, 0.2) is 10.9 Å². The molecule has 2 aliphatic rings. The van der Waals surface area contributed by atoms with Crippen molar-refractivity contribution in [1.82, 2.24) is 10.3 Å². The molecule has 2 bridgehead atoms. The molecule has 1 aromatic heterocycles. The number of piperidine rings is 1. The van der Waals surface area contributed by atoms with Gasteiger partial charge in [-0.2, -0.15) is 0 Å². The number of carbonyl (C=O) groups is 2. The van der Waals surface area contributed by atoms with Crippen LogP contribution in [0.4, 0.5) is 5.13 Å². The fourth-order valence-electron chi connectivity index (χ4n) is 3.27. The molecule has 3 rings (SSSR count). The van der Waals surface area contributed by atoms with Crippen molar-refractivity contribution in [3.8, 4) is 0 Å². The van der Waals surface area contributed by atoms with Gasteiger partial charge in [-0.1, -0.05) is 11.3 Å². The summed E-state index contributed by atoms with van der Waals surface area (Å²) in [6.45, 7) is 1.50. The number of rotatable bonds is 4. The van der Waals surface area contributed by atoms with Crippen molar-refractivity contribution in [2.24, 2.45) is 5.92 Å². The third kappa shape index (κ3) is 4.02. The zero-order chi connectivity index (χ0) is 14.1. The van der Waals surface area contributed by atoms with Gasteiger partial charge in [0.25, 0.3) is 0 Å². The molecule has 2 unspecified atom stereocenters. The van der Waals surface area contributed by atoms with E-state index in [1.165, 1.54) is 37.3 Å². The molecule has 3 heterocycles. The second-order valence-electron chi connectivity index (χ2n) is 5.81. The number of fused-ring (bicyclic) bond motifs is 2. The van der Waals surface area contributed by atoms with E-state index >= 15 is 0 Å². The van der Waals surface area contributed by atoms with Crippen molar-refractivity contribution in [1.29, 1.82) is 0 Å². The predicted molar refractivity (Wildman–Crippen MR) is 85.3 cm³/mol. The molecule has 2 fully saturated rings. The van der Waals surface area contributed by atoms with Crippen LogP contribution in [-0.4, -0.2) is 28.8 Å². The van der Waals surface area contributed by atoms with E-state index < -0.39 is 0 Å². The maximum absolute atomic E-state index is 12.0. The molecular weight excluding hydrogens is 310 g/mol. The minimum Gasteiger partial charge on any atom is -0.311 e. The summed E-state index contributed by atoms with van der Waals surface area (Å²) < 4.78 is 0. The fourth-order valence-corrected chi connectivity index (χ4v) is 4.00. The number of aromatic nitrogens is 1. The lowest BCUT2D eigenvalue weighted by Crippen LogP contribution is -2.39. The molecule has 1 amide bonds. The summed E-state index contributed by atoms with van der Waals surface area (Å²) in [5.74, 6) is 0.472. The third-order valence-electron chi connectivity index (χ3n) is 4.14. The van der Waals surface area contributed by atoms with Gasteiger partial charge in [-0.25, -0.2) is 4.98 Å². The van der Waals surface area contributed by atoms with Crippen LogP contribution >= 0.6 is 23.7 Å². The van der Waals surface area contributed by atoms with Crippen LogP contribution in [0.5, 0.6) is 0 Å². The number of nitrogens with one attached hydrogen (secondary N) is 2. The van der Waals surface area contributed by atoms with Crippen molar-refractivity contribution >= 4 is 40.6 Å². The number of thiazole rings is 1. The van der Waals surface area contributed by atoms with E-state index in [1.807, 2.05) is 0 Å². The number of ketones is 1. The predicted octanol–water partition coefficient (Wildman–Crippen LogP) is 2.63. The molecule has 116 valence electrons. The Morgan fingerprint density at radius 2 is 2.05 bits per heavy atom. The minimum absolute atomic E-state index is 0. The zero-order valence-electron chi connectivity index (χ0n) is 11.9. The molecule has 2 atom stereocenters. The van der Waals surface area contributed by atoms with E-state index in [9.17, 15) is 9.59 Å². The number of nitrogens with zero attached hydrogens (tertiary/aromatic N) is 1. The van der Waals surface area contributed by atoms with Crippen molar-refractivity contribution in [2.45, 2.75) is 51.1 Å². The molecular formula is C14H20ClN3O2S. The Hall–Kier alpha value is -0.980. The van der Waals surface area contributed by atoms with Crippen LogP contribution < -0.4 is 10.6 Å². The summed E-state index contributed by atoms with van der Waals surface area (Å²) >= 11 is 1.24. The van der Waals surface area contributed by atoms with Crippen LogP contribution in [0, 0.1) is 5.92 Å². The van der Waals surface area contributed by atoms with Gasteiger partial charge < -0.3 is 10.6 Å². The highest BCUT2D eigenvalue weighted by atomic mass is 35.5. The van der Waals surface area contributed by atoms with Crippen molar-refractivity contribution in [3.05, 3.63) is 11.1 Å². The topological polar surface area (TPSA) is 71.1 Å². The van der Waals surface area contributed by atoms with E-state index in [2.05, 4.69) is 15.6 Å². The maximum atomic E-state index is 12.0. The number of hydrogen-bond acceptors (Lipinski definition) is 5. The highest BCUT2D eigenvalue weighted by Crippen LogP contribution is 2.32. The minimum atomic E-state index is -0.0158. The lowest BCUT2D eigenvalue weighted by molar-refractivity contribution is -0.117. The number of amides is 1. The van der Waals surface area contributed by atoms with E-state index in [1.54, 1.807) is 0 Å². The van der Waals surface area contributed by atoms with E-state index in [0.717, 1.165) is 12.8 Å². The second-order valence-corrected chi connectivity index (χ2v) is 6.84. The third-order valence-corrected chi connectivity index (χ3v) is 5.16. The molecule has 0 aromatic carbocycles. The molecule has 0 spiro atoms. The van der Waals surface area contributed by atoms with Gasteiger partial charge in [0, 0.05) is 25.4 Å². The Morgan fingerprint density at radius 3 is 2.62 bits per heavy atom. The molecule has 21 heavy (non-hydrogen) atoms. The Bertz CT molecular complexity index is 522. The number of halogens is 1. The van der Waals surface area contributed by atoms with Crippen molar-refractivity contribution < 1.29 is 9.59 Å². The molecule has 2 saturated heterocycles. The Labute approximate surface area is 134 Å². The lowest BCUT2D eigenvalue weighted by atomic mass is 9.89. The molecule has 0 radical (unpaired) electrons. The first kappa shape index (κ1) is 16.4. The first-order valence-electron chi connectivity index (χ1n) is 7.13. The first-order valence-corrected chi connectivity index (χ1v) is 7.94. The monoisotopic (exact) mass is 329 g/mol. The van der Waals surface area contributed by atoms with Crippen LogP contribution in [0.3, 0.4) is 0 Å². The van der Waals surface area contributed by atoms with Gasteiger partial charge in [-0.05, 0) is 31.6 Å². The zero-order valence-corrected chi connectivity index (χ0v) is 13.6. The standard InChI is InChI=1S/C14H19N3O2S.ClH/c1-8(18)12-7-15-14(20-12)17-13(19)6-9-4-10-2-3-11(5-9)16-10;/h7,9-11,16H,2-6H2,1H3,(H,15,17,19);1H. The summed E-state index contributed by atoms with van der Waals surface area (Å²) in [5, 5.41) is 6.92. The molecule has 2 aliphatic heterocycles. The molecule has 2 N–H and O–H groups in total. The summed E-state index contributed by atoms with van der Waals surface area (Å²) in [6.07, 6.45) is 6.77. The van der Waals surface area contributed by atoms with Crippen molar-refractivity contribution in [2.75, 3.05) is 5.32 Å². The summed E-state index contributed by atoms with van der Waals surface area (Å²) in [6, 6.07) is 1.21. The smallest absolute Gasteiger partial charge is 0.226 e. The summed E-state index contributed by atoms with van der Waals surface area (Å²) in [4.78, 5) is 27.9. The average Bonchev–Trinajstić information content (AvgIpc) is 2.96. The Morgan fingerprint density at radius 1 is 1.38 bits per heavy atom. The van der Waals surface area contributed by atoms with Crippen LogP contribution in [0.15, 0.2) is 6.20 Å². The molecule has 0 aliphatic carbocycles. The lowest BCUT2D eigenvalue weighted by Gasteiger charge is -2.28. The van der Waals surface area contributed by atoms with E-state index in [-0.39, 0.29) is 24.1 Å². The molecule has 0 saturated carbocycles. The molecule has 5 nitrogen and oxygen atoms in total. The van der Waals surface area contributed by atoms with E-state index in [4.69, 9.17) is 0 Å². The number of anilines is 1. The number of hydrogen-bond donors (Lipinski definition) is 2. The van der Waals surface area contributed by atoms with Gasteiger partial charge in [-0.15, -0.1) is 12.4 Å². The fraction of sp³-hybridized carbons (Fsp3) is 0.643. The SMILES string of the molecule is CC(=O)c1cnc(NC(=O)CC2CC3CCC(C2)N3)s1.Cl. The molecule has 1 aromatic rings. The normalized spacial score (nSPS) is 27.0. The van der Waals surface area contributed by atoms with Gasteiger partial charge in [0.1, 0.15) is 0 Å². The Kier molecular flexibility index (Phi) is 5.35. The molecule has 7 heteroatoms. The van der Waals surface area contributed by atoms with Crippen LogP contribution in [0.25, 0.3) is 0 Å². The quantitative estimate of drug-likeness (QED) is 0.833. The van der Waals surface area contributed by atoms with Gasteiger partial charge in [0.2, 0.25) is 5.91 Å². The van der Waals surface area contributed by atoms with Gasteiger partial charge in [0.05, 0.1) is 11.1 Å². The second kappa shape index (κ2) is 6.85. The first-order chi connectivity index (χ1) is 9.60. The average molecular weight is 330 g/mol. The van der Waals surface area contributed by atoms with Gasteiger partial charge in [-0.3, -0.25) is 9.59 Å².